The summed E-state index contributed by atoms with van der Waals surface area (Å²) >= 11 is 0.662. The minimum Gasteiger partial charge on any atom is -0.444 e. The molecule has 0 unspecified atom stereocenters. The molecule has 0 radical (unpaired) electrons. The Bertz CT molecular complexity index is 1070. The van der Waals surface area contributed by atoms with Crippen LogP contribution in [0.3, 0.4) is 0 Å². The predicted molar refractivity (Wildman–Crippen MR) is 114 cm³/mol. The molecule has 0 saturated carbocycles. The lowest BCUT2D eigenvalue weighted by molar-refractivity contribution is -0.388. The lowest BCUT2D eigenvalue weighted by atomic mass is 10.2. The van der Waals surface area contributed by atoms with E-state index in [1.165, 1.54) is 6.07 Å². The Morgan fingerprint density at radius 1 is 1.09 bits per heavy atom. The van der Waals surface area contributed by atoms with Crippen molar-refractivity contribution in [3.05, 3.63) is 57.9 Å². The van der Waals surface area contributed by atoms with E-state index in [1.807, 2.05) is 0 Å². The molecule has 0 aliphatic rings. The van der Waals surface area contributed by atoms with Crippen LogP contribution >= 0.6 is 11.8 Å². The fourth-order valence-corrected chi connectivity index (χ4v) is 3.22. The standard InChI is InChI=1S/C20H19F4N3O5S/c1-19(2,3)32-18(29)26-14-9-12(5-6-13(14)21)25-17(28)10-33-16-7-4-11(20(22,23)24)8-15(16)27(30)31/h4-9H,10H2,1-3H3,(H,25,28)(H,26,29). The molecule has 2 aromatic rings. The van der Waals surface area contributed by atoms with Crippen molar-refractivity contribution in [1.82, 2.24) is 0 Å². The van der Waals surface area contributed by atoms with E-state index in [1.54, 1.807) is 20.8 Å². The highest BCUT2D eigenvalue weighted by molar-refractivity contribution is 8.00. The minimum atomic E-state index is -4.75. The number of nitrogens with zero attached hydrogens (tertiary/aromatic N) is 1. The third-order valence-corrected chi connectivity index (χ3v) is 4.79. The summed E-state index contributed by atoms with van der Waals surface area (Å²) in [4.78, 5) is 34.1. The number of nitrogens with one attached hydrogen (secondary N) is 2. The van der Waals surface area contributed by atoms with Crippen molar-refractivity contribution in [2.45, 2.75) is 37.4 Å². The molecule has 0 aromatic heterocycles. The molecular weight excluding hydrogens is 470 g/mol. The monoisotopic (exact) mass is 489 g/mol. The van der Waals surface area contributed by atoms with Gasteiger partial charge in [-0.25, -0.2) is 9.18 Å². The zero-order valence-corrected chi connectivity index (χ0v) is 18.4. The number of thioether (sulfide) groups is 1. The van der Waals surface area contributed by atoms with Crippen LogP contribution in [0.1, 0.15) is 26.3 Å². The van der Waals surface area contributed by atoms with Crippen LogP contribution in [0.25, 0.3) is 0 Å². The predicted octanol–water partition coefficient (Wildman–Crippen LogP) is 5.83. The zero-order valence-electron chi connectivity index (χ0n) is 17.6. The molecule has 2 aromatic carbocycles. The molecular formula is C20H19F4N3O5S. The Morgan fingerprint density at radius 3 is 2.33 bits per heavy atom. The number of rotatable bonds is 6. The van der Waals surface area contributed by atoms with Gasteiger partial charge in [-0.3, -0.25) is 20.2 Å². The molecule has 0 fully saturated rings. The lowest BCUT2D eigenvalue weighted by Gasteiger charge is -2.20. The molecule has 0 aliphatic carbocycles. The molecule has 2 N–H and O–H groups in total. The first-order valence-corrected chi connectivity index (χ1v) is 10.2. The van der Waals surface area contributed by atoms with Crippen LogP contribution in [0.2, 0.25) is 0 Å². The molecule has 0 aliphatic heterocycles. The summed E-state index contributed by atoms with van der Waals surface area (Å²) in [5, 5.41) is 15.8. The van der Waals surface area contributed by atoms with Gasteiger partial charge in [0.25, 0.3) is 5.69 Å². The van der Waals surface area contributed by atoms with Crippen LogP contribution in [-0.2, 0) is 15.7 Å². The number of hydrogen-bond acceptors (Lipinski definition) is 6. The van der Waals surface area contributed by atoms with Crippen LogP contribution < -0.4 is 10.6 Å². The summed E-state index contributed by atoms with van der Waals surface area (Å²) in [6.45, 7) is 4.87. The highest BCUT2D eigenvalue weighted by atomic mass is 32.2. The first-order valence-electron chi connectivity index (χ1n) is 9.23. The van der Waals surface area contributed by atoms with Crippen molar-refractivity contribution in [1.29, 1.82) is 0 Å². The van der Waals surface area contributed by atoms with Gasteiger partial charge in [-0.1, -0.05) is 0 Å². The maximum atomic E-state index is 14.0. The normalized spacial score (nSPS) is 11.6. The highest BCUT2D eigenvalue weighted by Crippen LogP contribution is 2.36. The van der Waals surface area contributed by atoms with Crippen LogP contribution in [0.4, 0.5) is 39.4 Å². The van der Waals surface area contributed by atoms with Gasteiger partial charge in [-0.05, 0) is 51.1 Å². The van der Waals surface area contributed by atoms with Crippen molar-refractivity contribution >= 4 is 40.8 Å². The van der Waals surface area contributed by atoms with Crippen LogP contribution in [0.5, 0.6) is 0 Å². The Labute approximate surface area is 189 Å². The van der Waals surface area contributed by atoms with E-state index in [0.29, 0.717) is 23.9 Å². The Morgan fingerprint density at radius 2 is 1.76 bits per heavy atom. The fourth-order valence-electron chi connectivity index (χ4n) is 2.41. The van der Waals surface area contributed by atoms with Gasteiger partial charge in [0.2, 0.25) is 5.91 Å². The topological polar surface area (TPSA) is 111 Å². The number of alkyl halides is 3. The van der Waals surface area contributed by atoms with Gasteiger partial charge in [0.15, 0.2) is 0 Å². The van der Waals surface area contributed by atoms with E-state index in [-0.39, 0.29) is 22.0 Å². The molecule has 8 nitrogen and oxygen atoms in total. The molecule has 33 heavy (non-hydrogen) atoms. The lowest BCUT2D eigenvalue weighted by Crippen LogP contribution is -2.27. The number of carbonyl (C=O) groups is 2. The summed E-state index contributed by atoms with van der Waals surface area (Å²) < 4.78 is 57.4. The van der Waals surface area contributed by atoms with Gasteiger partial charge in [-0.2, -0.15) is 13.2 Å². The van der Waals surface area contributed by atoms with Crippen LogP contribution in [0.15, 0.2) is 41.3 Å². The van der Waals surface area contributed by atoms with Crippen molar-refractivity contribution < 1.29 is 36.8 Å². The maximum absolute atomic E-state index is 14.0. The van der Waals surface area contributed by atoms with Crippen molar-refractivity contribution in [2.75, 3.05) is 16.4 Å². The van der Waals surface area contributed by atoms with E-state index >= 15 is 0 Å². The van der Waals surface area contributed by atoms with E-state index in [4.69, 9.17) is 4.74 Å². The fraction of sp³-hybridized carbons (Fsp3) is 0.300. The summed E-state index contributed by atoms with van der Waals surface area (Å²) in [7, 11) is 0. The number of benzene rings is 2. The maximum Gasteiger partial charge on any atom is 0.416 e. The Hall–Kier alpha value is -3.35. The van der Waals surface area contributed by atoms with Gasteiger partial charge >= 0.3 is 12.3 Å². The summed E-state index contributed by atoms with van der Waals surface area (Å²) in [5.41, 5.74) is -2.93. The highest BCUT2D eigenvalue weighted by Gasteiger charge is 2.33. The third-order valence-electron chi connectivity index (χ3n) is 3.73. The van der Waals surface area contributed by atoms with Crippen molar-refractivity contribution in [2.24, 2.45) is 0 Å². The molecule has 0 bridgehead atoms. The van der Waals surface area contributed by atoms with Crippen LogP contribution in [0, 0.1) is 15.9 Å². The van der Waals surface area contributed by atoms with Gasteiger partial charge in [0.05, 0.1) is 26.8 Å². The van der Waals surface area contributed by atoms with Crippen molar-refractivity contribution in [3.8, 4) is 0 Å². The summed E-state index contributed by atoms with van der Waals surface area (Å²) in [6, 6.07) is 5.35. The number of amides is 2. The number of ether oxygens (including phenoxy) is 1. The SMILES string of the molecule is CC(C)(C)OC(=O)Nc1cc(NC(=O)CSc2ccc(C(F)(F)F)cc2[N+](=O)[O-])ccc1F. The average molecular weight is 489 g/mol. The number of anilines is 2. The number of nitro benzene ring substituents is 1. The second-order valence-corrected chi connectivity index (χ2v) is 8.61. The second-order valence-electron chi connectivity index (χ2n) is 7.60. The van der Waals surface area contributed by atoms with Gasteiger partial charge in [0, 0.05) is 11.8 Å². The minimum absolute atomic E-state index is 0.106. The van der Waals surface area contributed by atoms with E-state index in [0.717, 1.165) is 18.2 Å². The third kappa shape index (κ3) is 7.93. The Kier molecular flexibility index (Phi) is 7.90. The first kappa shape index (κ1) is 25.9. The molecule has 2 rings (SSSR count). The zero-order chi connectivity index (χ0) is 25.0. The average Bonchev–Trinajstić information content (AvgIpc) is 2.66. The van der Waals surface area contributed by atoms with E-state index in [9.17, 15) is 37.3 Å². The van der Waals surface area contributed by atoms with Gasteiger partial charge in [0.1, 0.15) is 11.4 Å². The first-order chi connectivity index (χ1) is 15.2. The summed E-state index contributed by atoms with van der Waals surface area (Å²) in [6.07, 6.45) is -5.66. The van der Waals surface area contributed by atoms with Crippen LogP contribution in [-0.4, -0.2) is 28.3 Å². The number of halogens is 4. The number of hydrogen-bond donors (Lipinski definition) is 2. The summed E-state index contributed by atoms with van der Waals surface area (Å²) in [5.74, 6) is -1.82. The van der Waals surface area contributed by atoms with Crippen molar-refractivity contribution in [3.63, 3.8) is 0 Å². The molecule has 13 heteroatoms. The Balaban J connectivity index is 2.07. The molecule has 2 amide bonds. The quantitative estimate of drug-likeness (QED) is 0.229. The second kappa shape index (κ2) is 10.1. The van der Waals surface area contributed by atoms with Gasteiger partial charge in [-0.15, -0.1) is 11.8 Å². The molecule has 178 valence electrons. The smallest absolute Gasteiger partial charge is 0.416 e. The molecule has 0 heterocycles. The largest absolute Gasteiger partial charge is 0.444 e. The number of carbonyl (C=O) groups excluding carboxylic acids is 2. The molecule has 0 atom stereocenters. The van der Waals surface area contributed by atoms with E-state index < -0.39 is 45.8 Å². The van der Waals surface area contributed by atoms with E-state index in [2.05, 4.69) is 10.6 Å². The molecule has 0 spiro atoms. The van der Waals surface area contributed by atoms with Gasteiger partial charge < -0.3 is 10.1 Å². The molecule has 0 saturated heterocycles. The number of nitro groups is 1.